The lowest BCUT2D eigenvalue weighted by Crippen LogP contribution is -1.97. The van der Waals surface area contributed by atoms with E-state index in [0.29, 0.717) is 18.1 Å². The maximum absolute atomic E-state index is 12.6. The summed E-state index contributed by atoms with van der Waals surface area (Å²) in [7, 11) is 0. The minimum Gasteiger partial charge on any atom is -0.473 e. The van der Waals surface area contributed by atoms with Gasteiger partial charge in [-0.2, -0.15) is 0 Å². The van der Waals surface area contributed by atoms with E-state index in [-0.39, 0.29) is 0 Å². The molecule has 0 amide bonds. The Morgan fingerprint density at radius 2 is 1.94 bits per heavy atom. The fourth-order valence-corrected chi connectivity index (χ4v) is 1.30. The first-order valence-corrected chi connectivity index (χ1v) is 5.06. The van der Waals surface area contributed by atoms with E-state index in [0.717, 1.165) is 18.0 Å². The van der Waals surface area contributed by atoms with E-state index in [4.69, 9.17) is 4.74 Å². The van der Waals surface area contributed by atoms with Crippen LogP contribution in [0.5, 0.6) is 5.88 Å². The van der Waals surface area contributed by atoms with Gasteiger partial charge in [-0.25, -0.2) is 9.37 Å². The van der Waals surface area contributed by atoms with Crippen LogP contribution in [-0.4, -0.2) is 11.3 Å². The number of pyridine rings is 1. The number of nitrogens with zero attached hydrogens (tertiary/aromatic N) is 1. The number of ether oxygens (including phenoxy) is 1. The third-order valence-corrected chi connectivity index (χ3v) is 2.20. The van der Waals surface area contributed by atoms with Gasteiger partial charge in [-0.1, -0.05) is 24.3 Å². The molecule has 0 unspecified atom stereocenters. The zero-order valence-corrected chi connectivity index (χ0v) is 8.97. The predicted molar refractivity (Wildman–Crippen MR) is 60.4 cm³/mol. The molecule has 17 heavy (non-hydrogen) atoms. The summed E-state index contributed by atoms with van der Waals surface area (Å²) >= 11 is 0. The molecule has 2 aromatic rings. The molecule has 1 aromatic heterocycles. The SMILES string of the molecule is O=Cc1ccc(COc2ccc(F)cn2)cc1. The van der Waals surface area contributed by atoms with E-state index in [9.17, 15) is 9.18 Å². The maximum atomic E-state index is 12.6. The Morgan fingerprint density at radius 3 is 2.53 bits per heavy atom. The highest BCUT2D eigenvalue weighted by atomic mass is 19.1. The summed E-state index contributed by atoms with van der Waals surface area (Å²) in [6.45, 7) is 0.331. The van der Waals surface area contributed by atoms with E-state index in [1.54, 1.807) is 24.3 Å². The molecule has 1 heterocycles. The standard InChI is InChI=1S/C13H10FNO2/c14-12-5-6-13(15-7-12)17-9-11-3-1-10(8-16)2-4-11/h1-8H,9H2. The van der Waals surface area contributed by atoms with Crippen molar-refractivity contribution < 1.29 is 13.9 Å². The first kappa shape index (κ1) is 11.3. The van der Waals surface area contributed by atoms with Crippen molar-refractivity contribution >= 4 is 6.29 Å². The molecule has 0 radical (unpaired) electrons. The summed E-state index contributed by atoms with van der Waals surface area (Å²) in [5, 5.41) is 0. The van der Waals surface area contributed by atoms with E-state index < -0.39 is 5.82 Å². The van der Waals surface area contributed by atoms with Crippen molar-refractivity contribution in [1.29, 1.82) is 0 Å². The minimum absolute atomic E-state index is 0.331. The average molecular weight is 231 g/mol. The highest BCUT2D eigenvalue weighted by molar-refractivity contribution is 5.74. The van der Waals surface area contributed by atoms with Crippen molar-refractivity contribution in [2.75, 3.05) is 0 Å². The topological polar surface area (TPSA) is 39.2 Å². The molecule has 2 rings (SSSR count). The van der Waals surface area contributed by atoms with Gasteiger partial charge in [-0.3, -0.25) is 4.79 Å². The smallest absolute Gasteiger partial charge is 0.213 e. The number of carbonyl (C=O) groups excluding carboxylic acids is 1. The molecule has 4 heteroatoms. The van der Waals surface area contributed by atoms with Gasteiger partial charge in [-0.15, -0.1) is 0 Å². The molecule has 0 saturated carbocycles. The van der Waals surface area contributed by atoms with Gasteiger partial charge < -0.3 is 4.74 Å². The zero-order valence-electron chi connectivity index (χ0n) is 8.97. The van der Waals surface area contributed by atoms with E-state index in [2.05, 4.69) is 4.98 Å². The first-order chi connectivity index (χ1) is 8.28. The first-order valence-electron chi connectivity index (χ1n) is 5.06. The Labute approximate surface area is 97.9 Å². The fraction of sp³-hybridized carbons (Fsp3) is 0.0769. The normalized spacial score (nSPS) is 9.94. The average Bonchev–Trinajstić information content (AvgIpc) is 2.39. The van der Waals surface area contributed by atoms with Gasteiger partial charge in [0.15, 0.2) is 0 Å². The lowest BCUT2D eigenvalue weighted by molar-refractivity contribution is 0.112. The molecule has 86 valence electrons. The maximum Gasteiger partial charge on any atom is 0.213 e. The van der Waals surface area contributed by atoms with Gasteiger partial charge in [0.25, 0.3) is 0 Å². The summed E-state index contributed by atoms with van der Waals surface area (Å²) < 4.78 is 17.9. The molecule has 0 aliphatic carbocycles. The van der Waals surface area contributed by atoms with Crippen molar-refractivity contribution in [2.45, 2.75) is 6.61 Å². The summed E-state index contributed by atoms with van der Waals surface area (Å²) in [6, 6.07) is 9.78. The Balaban J connectivity index is 1.97. The van der Waals surface area contributed by atoms with Crippen LogP contribution in [-0.2, 0) is 6.61 Å². The van der Waals surface area contributed by atoms with Gasteiger partial charge in [0, 0.05) is 11.6 Å². The third-order valence-electron chi connectivity index (χ3n) is 2.20. The highest BCUT2D eigenvalue weighted by Gasteiger charge is 1.98. The minimum atomic E-state index is -0.396. The largest absolute Gasteiger partial charge is 0.473 e. The molecule has 0 N–H and O–H groups in total. The molecule has 3 nitrogen and oxygen atoms in total. The van der Waals surface area contributed by atoms with Crippen LogP contribution in [0.15, 0.2) is 42.6 Å². The number of rotatable bonds is 4. The second-order valence-corrected chi connectivity index (χ2v) is 3.46. The number of hydrogen-bond donors (Lipinski definition) is 0. The third kappa shape index (κ3) is 3.11. The lowest BCUT2D eigenvalue weighted by Gasteiger charge is -2.04. The number of aromatic nitrogens is 1. The second-order valence-electron chi connectivity index (χ2n) is 3.46. The van der Waals surface area contributed by atoms with Crippen molar-refractivity contribution in [3.05, 3.63) is 59.5 Å². The van der Waals surface area contributed by atoms with Gasteiger partial charge in [0.1, 0.15) is 18.7 Å². The lowest BCUT2D eigenvalue weighted by atomic mass is 10.2. The molecule has 0 atom stereocenters. The second kappa shape index (κ2) is 5.21. The Bertz CT molecular complexity index is 494. The zero-order chi connectivity index (χ0) is 12.1. The van der Waals surface area contributed by atoms with E-state index >= 15 is 0 Å². The molecule has 0 aliphatic rings. The Kier molecular flexibility index (Phi) is 3.45. The summed E-state index contributed by atoms with van der Waals surface area (Å²) in [5.74, 6) is -0.0291. The summed E-state index contributed by atoms with van der Waals surface area (Å²) in [5.41, 5.74) is 1.54. The van der Waals surface area contributed by atoms with Crippen LogP contribution in [0.25, 0.3) is 0 Å². The van der Waals surface area contributed by atoms with Crippen molar-refractivity contribution in [2.24, 2.45) is 0 Å². The molecular formula is C13H10FNO2. The van der Waals surface area contributed by atoms with Crippen molar-refractivity contribution in [3.8, 4) is 5.88 Å². The Morgan fingerprint density at radius 1 is 1.18 bits per heavy atom. The van der Waals surface area contributed by atoms with Gasteiger partial charge >= 0.3 is 0 Å². The van der Waals surface area contributed by atoms with Crippen LogP contribution < -0.4 is 4.74 Å². The van der Waals surface area contributed by atoms with E-state index in [1.807, 2.05) is 0 Å². The van der Waals surface area contributed by atoms with Crippen LogP contribution in [0, 0.1) is 5.82 Å². The number of halogens is 1. The molecular weight excluding hydrogens is 221 g/mol. The summed E-state index contributed by atoms with van der Waals surface area (Å²) in [6.07, 6.45) is 1.89. The fourth-order valence-electron chi connectivity index (χ4n) is 1.30. The monoisotopic (exact) mass is 231 g/mol. The van der Waals surface area contributed by atoms with Crippen LogP contribution in [0.1, 0.15) is 15.9 Å². The number of aldehydes is 1. The summed E-state index contributed by atoms with van der Waals surface area (Å²) in [4.78, 5) is 14.2. The quantitative estimate of drug-likeness (QED) is 0.759. The highest BCUT2D eigenvalue weighted by Crippen LogP contribution is 2.10. The molecule has 0 saturated heterocycles. The van der Waals surface area contributed by atoms with Gasteiger partial charge in [-0.05, 0) is 11.6 Å². The number of hydrogen-bond acceptors (Lipinski definition) is 3. The van der Waals surface area contributed by atoms with Crippen LogP contribution in [0.2, 0.25) is 0 Å². The van der Waals surface area contributed by atoms with Gasteiger partial charge in [0.05, 0.1) is 6.20 Å². The molecule has 1 aromatic carbocycles. The number of carbonyl (C=O) groups is 1. The molecule has 0 fully saturated rings. The van der Waals surface area contributed by atoms with Crippen molar-refractivity contribution in [1.82, 2.24) is 4.98 Å². The van der Waals surface area contributed by atoms with Gasteiger partial charge in [0.2, 0.25) is 5.88 Å². The van der Waals surface area contributed by atoms with E-state index in [1.165, 1.54) is 12.1 Å². The predicted octanol–water partition coefficient (Wildman–Crippen LogP) is 2.61. The molecule has 0 aliphatic heterocycles. The Hall–Kier alpha value is -2.23. The molecule has 0 bridgehead atoms. The van der Waals surface area contributed by atoms with Crippen molar-refractivity contribution in [3.63, 3.8) is 0 Å². The van der Waals surface area contributed by atoms with Crippen LogP contribution in [0.3, 0.4) is 0 Å². The molecule has 0 spiro atoms. The van der Waals surface area contributed by atoms with Crippen LogP contribution >= 0.6 is 0 Å². The number of benzene rings is 1. The van der Waals surface area contributed by atoms with Crippen LogP contribution in [0.4, 0.5) is 4.39 Å².